The third-order valence-electron chi connectivity index (χ3n) is 4.77. The largest absolute Gasteiger partial charge is 0.333 e. The first-order valence-corrected chi connectivity index (χ1v) is 9.54. The molecule has 1 saturated heterocycles. The van der Waals surface area contributed by atoms with E-state index in [4.69, 9.17) is 0 Å². The van der Waals surface area contributed by atoms with E-state index in [0.717, 1.165) is 51.4 Å². The zero-order valence-corrected chi connectivity index (χ0v) is 14.5. The summed E-state index contributed by atoms with van der Waals surface area (Å²) in [5.74, 6) is 0.196. The van der Waals surface area contributed by atoms with Crippen LogP contribution in [0.3, 0.4) is 0 Å². The first kappa shape index (κ1) is 19.2. The maximum Gasteiger partial charge on any atom is 0.223 e. The zero-order valence-electron chi connectivity index (χ0n) is 14.5. The average Bonchev–Trinajstić information content (AvgIpc) is 2.78. The van der Waals surface area contributed by atoms with Crippen molar-refractivity contribution in [1.82, 2.24) is 4.90 Å². The Kier molecular flexibility index (Phi) is 11.0. The minimum atomic E-state index is -0.159. The second kappa shape index (κ2) is 12.7. The standard InChI is InChI=1S/C19H35NO2/c1-2-3-4-5-6-7-8-9-12-15-19(22)20-16-13-10-11-14-18(20)17-21/h17-18H,2-16H2,1H3. The second-order valence-corrected chi connectivity index (χ2v) is 6.72. The number of carbonyl (C=O) groups is 2. The number of nitrogens with zero attached hydrogens (tertiary/aromatic N) is 1. The Balaban J connectivity index is 2.08. The van der Waals surface area contributed by atoms with E-state index in [-0.39, 0.29) is 11.9 Å². The summed E-state index contributed by atoms with van der Waals surface area (Å²) < 4.78 is 0. The molecule has 0 aromatic heterocycles. The van der Waals surface area contributed by atoms with E-state index in [1.807, 2.05) is 4.90 Å². The molecule has 0 bridgehead atoms. The minimum Gasteiger partial charge on any atom is -0.333 e. The highest BCUT2D eigenvalue weighted by molar-refractivity contribution is 5.79. The van der Waals surface area contributed by atoms with Crippen LogP contribution in [0.25, 0.3) is 0 Å². The summed E-state index contributed by atoms with van der Waals surface area (Å²) in [7, 11) is 0. The first-order chi connectivity index (χ1) is 10.8. The second-order valence-electron chi connectivity index (χ2n) is 6.72. The molecule has 3 nitrogen and oxygen atoms in total. The van der Waals surface area contributed by atoms with Gasteiger partial charge in [0.15, 0.2) is 0 Å². The molecule has 0 aromatic rings. The van der Waals surface area contributed by atoms with Crippen LogP contribution in [-0.4, -0.2) is 29.7 Å². The molecule has 1 atom stereocenters. The van der Waals surface area contributed by atoms with Gasteiger partial charge in [0, 0.05) is 13.0 Å². The molecule has 1 rings (SSSR count). The van der Waals surface area contributed by atoms with Crippen molar-refractivity contribution in [3.05, 3.63) is 0 Å². The van der Waals surface area contributed by atoms with E-state index < -0.39 is 0 Å². The molecule has 3 heteroatoms. The summed E-state index contributed by atoms with van der Waals surface area (Å²) >= 11 is 0. The number of hydrogen-bond acceptors (Lipinski definition) is 2. The molecule has 1 heterocycles. The third kappa shape index (κ3) is 7.95. The molecule has 1 aliphatic heterocycles. The Morgan fingerprint density at radius 3 is 2.23 bits per heavy atom. The number of hydrogen-bond donors (Lipinski definition) is 0. The predicted molar refractivity (Wildman–Crippen MR) is 91.9 cm³/mol. The van der Waals surface area contributed by atoms with Crippen molar-refractivity contribution in [2.75, 3.05) is 6.54 Å². The van der Waals surface area contributed by atoms with Crippen LogP contribution >= 0.6 is 0 Å². The number of rotatable bonds is 11. The third-order valence-corrected chi connectivity index (χ3v) is 4.77. The Hall–Kier alpha value is -0.860. The lowest BCUT2D eigenvalue weighted by molar-refractivity contribution is -0.136. The Bertz CT molecular complexity index is 304. The van der Waals surface area contributed by atoms with E-state index in [0.29, 0.717) is 6.42 Å². The molecule has 0 aliphatic carbocycles. The van der Waals surface area contributed by atoms with Crippen molar-refractivity contribution >= 4 is 12.2 Å². The smallest absolute Gasteiger partial charge is 0.223 e. The highest BCUT2D eigenvalue weighted by Gasteiger charge is 2.24. The molecule has 1 unspecified atom stereocenters. The van der Waals surface area contributed by atoms with E-state index in [1.165, 1.54) is 44.9 Å². The van der Waals surface area contributed by atoms with Gasteiger partial charge in [0.1, 0.15) is 6.29 Å². The van der Waals surface area contributed by atoms with E-state index in [9.17, 15) is 9.59 Å². The van der Waals surface area contributed by atoms with Crippen molar-refractivity contribution < 1.29 is 9.59 Å². The number of unbranched alkanes of at least 4 members (excludes halogenated alkanes) is 8. The van der Waals surface area contributed by atoms with Crippen LogP contribution in [0.1, 0.15) is 96.8 Å². The fourth-order valence-corrected chi connectivity index (χ4v) is 3.32. The lowest BCUT2D eigenvalue weighted by Crippen LogP contribution is -2.40. The first-order valence-electron chi connectivity index (χ1n) is 9.54. The molecule has 128 valence electrons. The van der Waals surface area contributed by atoms with Gasteiger partial charge in [-0.05, 0) is 19.3 Å². The molecule has 1 fully saturated rings. The highest BCUT2D eigenvalue weighted by Crippen LogP contribution is 2.18. The average molecular weight is 309 g/mol. The summed E-state index contributed by atoms with van der Waals surface area (Å²) in [6.45, 7) is 3.02. The number of likely N-dealkylation sites (tertiary alicyclic amines) is 1. The fourth-order valence-electron chi connectivity index (χ4n) is 3.32. The predicted octanol–water partition coefficient (Wildman–Crippen LogP) is 4.88. The van der Waals surface area contributed by atoms with Gasteiger partial charge in [-0.3, -0.25) is 4.79 Å². The van der Waals surface area contributed by atoms with Crippen molar-refractivity contribution in [3.63, 3.8) is 0 Å². The van der Waals surface area contributed by atoms with Gasteiger partial charge in [0.25, 0.3) is 0 Å². The van der Waals surface area contributed by atoms with Gasteiger partial charge in [0.2, 0.25) is 5.91 Å². The lowest BCUT2D eigenvalue weighted by atomic mass is 10.1. The summed E-state index contributed by atoms with van der Waals surface area (Å²) in [5.41, 5.74) is 0. The molecule has 1 aliphatic rings. The van der Waals surface area contributed by atoms with Gasteiger partial charge >= 0.3 is 0 Å². The number of aldehydes is 1. The quantitative estimate of drug-likeness (QED) is 0.403. The van der Waals surface area contributed by atoms with Crippen molar-refractivity contribution in [1.29, 1.82) is 0 Å². The molecular formula is C19H35NO2. The normalized spacial score (nSPS) is 19.0. The monoisotopic (exact) mass is 309 g/mol. The van der Waals surface area contributed by atoms with Gasteiger partial charge in [-0.1, -0.05) is 71.1 Å². The highest BCUT2D eigenvalue weighted by atomic mass is 16.2. The van der Waals surface area contributed by atoms with Crippen molar-refractivity contribution in [2.45, 2.75) is 103 Å². The van der Waals surface area contributed by atoms with E-state index in [2.05, 4.69) is 6.92 Å². The maximum atomic E-state index is 12.3. The summed E-state index contributed by atoms with van der Waals surface area (Å²) in [6.07, 6.45) is 17.1. The Morgan fingerprint density at radius 1 is 0.955 bits per heavy atom. The van der Waals surface area contributed by atoms with Gasteiger partial charge in [0.05, 0.1) is 6.04 Å². The molecule has 0 aromatic carbocycles. The van der Waals surface area contributed by atoms with Gasteiger partial charge in [-0.2, -0.15) is 0 Å². The van der Waals surface area contributed by atoms with Crippen LogP contribution < -0.4 is 0 Å². The fraction of sp³-hybridized carbons (Fsp3) is 0.895. The summed E-state index contributed by atoms with van der Waals surface area (Å²) in [6, 6.07) is -0.159. The zero-order chi connectivity index (χ0) is 16.0. The summed E-state index contributed by atoms with van der Waals surface area (Å²) in [5, 5.41) is 0. The van der Waals surface area contributed by atoms with Gasteiger partial charge < -0.3 is 9.69 Å². The van der Waals surface area contributed by atoms with E-state index >= 15 is 0 Å². The van der Waals surface area contributed by atoms with Crippen molar-refractivity contribution in [2.24, 2.45) is 0 Å². The SMILES string of the molecule is CCCCCCCCCCCC(=O)N1CCCCCC1C=O. The Morgan fingerprint density at radius 2 is 1.59 bits per heavy atom. The summed E-state index contributed by atoms with van der Waals surface area (Å²) in [4.78, 5) is 25.3. The maximum absolute atomic E-state index is 12.3. The molecule has 0 radical (unpaired) electrons. The molecule has 0 N–H and O–H groups in total. The van der Waals surface area contributed by atoms with E-state index in [1.54, 1.807) is 0 Å². The molecule has 0 saturated carbocycles. The topological polar surface area (TPSA) is 37.4 Å². The van der Waals surface area contributed by atoms with Crippen LogP contribution in [0.2, 0.25) is 0 Å². The molecule has 1 amide bonds. The van der Waals surface area contributed by atoms with Crippen LogP contribution in [0.4, 0.5) is 0 Å². The molecule has 0 spiro atoms. The van der Waals surface area contributed by atoms with Gasteiger partial charge in [-0.15, -0.1) is 0 Å². The Labute approximate surface area is 136 Å². The van der Waals surface area contributed by atoms with Gasteiger partial charge in [-0.25, -0.2) is 0 Å². The van der Waals surface area contributed by atoms with Crippen LogP contribution in [0.5, 0.6) is 0 Å². The molecule has 22 heavy (non-hydrogen) atoms. The number of carbonyl (C=O) groups excluding carboxylic acids is 2. The van der Waals surface area contributed by atoms with Crippen LogP contribution in [0, 0.1) is 0 Å². The minimum absolute atomic E-state index is 0.159. The van der Waals surface area contributed by atoms with Crippen LogP contribution in [-0.2, 0) is 9.59 Å². The van der Waals surface area contributed by atoms with Crippen molar-refractivity contribution in [3.8, 4) is 0 Å². The van der Waals surface area contributed by atoms with Crippen LogP contribution in [0.15, 0.2) is 0 Å². The lowest BCUT2D eigenvalue weighted by Gasteiger charge is -2.26. The number of amides is 1. The molecular weight excluding hydrogens is 274 g/mol.